The van der Waals surface area contributed by atoms with Gasteiger partial charge in [0.25, 0.3) is 17.3 Å². The number of amides is 1. The Morgan fingerprint density at radius 3 is 2.18 bits per heavy atom. The fraction of sp³-hybridized carbons (Fsp3) is 0.250. The summed E-state index contributed by atoms with van der Waals surface area (Å²) in [6.07, 6.45) is 0. The third kappa shape index (κ3) is 5.13. The molecule has 0 N–H and O–H groups in total. The molecule has 0 spiro atoms. The molecule has 3 aromatic rings. The summed E-state index contributed by atoms with van der Waals surface area (Å²) in [5, 5.41) is 26.7. The van der Waals surface area contributed by atoms with Gasteiger partial charge in [0.2, 0.25) is 11.7 Å². The number of carbonyl (C=O) groups is 1. The van der Waals surface area contributed by atoms with Crippen LogP contribution in [0, 0.1) is 20.2 Å². The van der Waals surface area contributed by atoms with Crippen LogP contribution < -0.4 is 0 Å². The summed E-state index contributed by atoms with van der Waals surface area (Å²) in [5.74, 6) is 0.376. The van der Waals surface area contributed by atoms with Crippen LogP contribution in [0.4, 0.5) is 11.4 Å². The first-order chi connectivity index (χ1) is 15.8. The maximum absolute atomic E-state index is 12.8. The van der Waals surface area contributed by atoms with Crippen molar-refractivity contribution in [2.45, 2.75) is 6.54 Å². The highest BCUT2D eigenvalue weighted by molar-refractivity contribution is 6.30. The Hall–Kier alpha value is -3.90. The minimum atomic E-state index is -0.760. The molecule has 170 valence electrons. The number of halogens is 1. The maximum atomic E-state index is 12.8. The fourth-order valence-electron chi connectivity index (χ4n) is 3.45. The zero-order valence-electron chi connectivity index (χ0n) is 17.1. The number of hydrogen-bond donors (Lipinski definition) is 0. The lowest BCUT2D eigenvalue weighted by atomic mass is 10.1. The Morgan fingerprint density at radius 2 is 1.61 bits per heavy atom. The topological polar surface area (TPSA) is 149 Å². The van der Waals surface area contributed by atoms with Crippen molar-refractivity contribution in [2.75, 3.05) is 26.2 Å². The molecule has 0 saturated carbocycles. The molecule has 0 unspecified atom stereocenters. The van der Waals surface area contributed by atoms with Gasteiger partial charge in [0.15, 0.2) is 0 Å². The summed E-state index contributed by atoms with van der Waals surface area (Å²) in [7, 11) is 0. The van der Waals surface area contributed by atoms with Gasteiger partial charge in [-0.2, -0.15) is 4.98 Å². The Morgan fingerprint density at radius 1 is 1.00 bits per heavy atom. The lowest BCUT2D eigenvalue weighted by Crippen LogP contribution is -2.48. The van der Waals surface area contributed by atoms with Gasteiger partial charge < -0.3 is 9.42 Å². The molecule has 1 aliphatic heterocycles. The van der Waals surface area contributed by atoms with E-state index in [0.29, 0.717) is 49.5 Å². The van der Waals surface area contributed by atoms with E-state index >= 15 is 0 Å². The van der Waals surface area contributed by atoms with E-state index in [4.69, 9.17) is 16.1 Å². The van der Waals surface area contributed by atoms with E-state index in [-0.39, 0.29) is 5.56 Å². The molecule has 1 aromatic heterocycles. The predicted octanol–water partition coefficient (Wildman–Crippen LogP) is 3.16. The number of aromatic nitrogens is 2. The second kappa shape index (κ2) is 9.30. The van der Waals surface area contributed by atoms with Gasteiger partial charge in [0.05, 0.1) is 28.0 Å². The fourth-order valence-corrected chi connectivity index (χ4v) is 3.57. The van der Waals surface area contributed by atoms with Crippen molar-refractivity contribution in [3.63, 3.8) is 0 Å². The minimum absolute atomic E-state index is 0.0890. The van der Waals surface area contributed by atoms with Crippen LogP contribution in [0.5, 0.6) is 0 Å². The van der Waals surface area contributed by atoms with E-state index < -0.39 is 27.1 Å². The van der Waals surface area contributed by atoms with Crippen LogP contribution in [0.15, 0.2) is 47.0 Å². The molecule has 0 aliphatic carbocycles. The molecule has 2 aromatic carbocycles. The largest absolute Gasteiger partial charge is 0.338 e. The van der Waals surface area contributed by atoms with E-state index in [2.05, 4.69) is 10.1 Å². The number of piperazine rings is 1. The van der Waals surface area contributed by atoms with Crippen molar-refractivity contribution in [3.05, 3.63) is 79.2 Å². The van der Waals surface area contributed by atoms with Crippen LogP contribution in [-0.2, 0) is 6.54 Å². The third-order valence-electron chi connectivity index (χ3n) is 5.16. The first kappa shape index (κ1) is 22.3. The van der Waals surface area contributed by atoms with Crippen molar-refractivity contribution >= 4 is 28.9 Å². The SMILES string of the molecule is O=C(c1cc([N+](=O)[O-])cc([N+](=O)[O-])c1)N1CCN(Cc2nc(-c3ccc(Cl)cc3)no2)CC1. The van der Waals surface area contributed by atoms with E-state index in [0.717, 1.165) is 23.8 Å². The zero-order chi connectivity index (χ0) is 23.5. The van der Waals surface area contributed by atoms with Crippen LogP contribution in [0.1, 0.15) is 16.2 Å². The maximum Gasteiger partial charge on any atom is 0.277 e. The van der Waals surface area contributed by atoms with Gasteiger partial charge in [-0.05, 0) is 24.3 Å². The summed E-state index contributed by atoms with van der Waals surface area (Å²) in [4.78, 5) is 41.4. The summed E-state index contributed by atoms with van der Waals surface area (Å²) < 4.78 is 5.32. The molecule has 0 radical (unpaired) electrons. The Labute approximate surface area is 191 Å². The summed E-state index contributed by atoms with van der Waals surface area (Å²) in [6, 6.07) is 9.99. The standard InChI is InChI=1S/C20H17ClN6O6/c21-15-3-1-13(2-4-15)19-22-18(33-23-19)12-24-5-7-25(8-6-24)20(28)14-9-16(26(29)30)11-17(10-14)27(31)32/h1-4,9-11H,5-8,12H2. The second-order valence-electron chi connectivity index (χ2n) is 7.34. The van der Waals surface area contributed by atoms with Gasteiger partial charge in [-0.15, -0.1) is 0 Å². The Bertz CT molecular complexity index is 1170. The molecule has 13 heteroatoms. The Kier molecular flexibility index (Phi) is 6.29. The van der Waals surface area contributed by atoms with Gasteiger partial charge in [-0.3, -0.25) is 29.9 Å². The highest BCUT2D eigenvalue weighted by Gasteiger charge is 2.26. The lowest BCUT2D eigenvalue weighted by molar-refractivity contribution is -0.394. The lowest BCUT2D eigenvalue weighted by Gasteiger charge is -2.33. The Balaban J connectivity index is 1.38. The van der Waals surface area contributed by atoms with Crippen LogP contribution in [0.2, 0.25) is 5.02 Å². The average Bonchev–Trinajstić information content (AvgIpc) is 3.27. The van der Waals surface area contributed by atoms with Crippen LogP contribution >= 0.6 is 11.6 Å². The van der Waals surface area contributed by atoms with E-state index in [1.807, 2.05) is 4.90 Å². The minimum Gasteiger partial charge on any atom is -0.338 e. The number of rotatable bonds is 6. The second-order valence-corrected chi connectivity index (χ2v) is 7.78. The molecule has 1 saturated heterocycles. The van der Waals surface area contributed by atoms with Crippen LogP contribution in [0.3, 0.4) is 0 Å². The van der Waals surface area contributed by atoms with Gasteiger partial charge in [-0.25, -0.2) is 0 Å². The molecule has 1 amide bonds. The number of non-ortho nitro benzene ring substituents is 2. The molecule has 0 bridgehead atoms. The van der Waals surface area contributed by atoms with Crippen molar-refractivity contribution in [1.29, 1.82) is 0 Å². The molecule has 1 aliphatic rings. The number of hydrogen-bond acceptors (Lipinski definition) is 9. The molecule has 0 atom stereocenters. The van der Waals surface area contributed by atoms with Crippen LogP contribution in [-0.4, -0.2) is 61.9 Å². The quantitative estimate of drug-likeness (QED) is 0.389. The number of benzene rings is 2. The molecular weight excluding hydrogens is 456 g/mol. The molecule has 12 nitrogen and oxygen atoms in total. The zero-order valence-corrected chi connectivity index (χ0v) is 17.8. The summed E-state index contributed by atoms with van der Waals surface area (Å²) in [6.45, 7) is 2.08. The molecular formula is C20H17ClN6O6. The monoisotopic (exact) mass is 472 g/mol. The number of carbonyl (C=O) groups excluding carboxylic acids is 1. The predicted molar refractivity (Wildman–Crippen MR) is 116 cm³/mol. The first-order valence-electron chi connectivity index (χ1n) is 9.84. The van der Waals surface area contributed by atoms with Crippen molar-refractivity contribution < 1.29 is 19.2 Å². The van der Waals surface area contributed by atoms with E-state index in [1.165, 1.54) is 4.90 Å². The molecule has 33 heavy (non-hydrogen) atoms. The average molecular weight is 473 g/mol. The first-order valence-corrected chi connectivity index (χ1v) is 10.2. The van der Waals surface area contributed by atoms with E-state index in [9.17, 15) is 25.0 Å². The normalized spacial score (nSPS) is 14.3. The van der Waals surface area contributed by atoms with Gasteiger partial charge >= 0.3 is 0 Å². The summed E-state index contributed by atoms with van der Waals surface area (Å²) >= 11 is 5.89. The molecule has 4 rings (SSSR count). The third-order valence-corrected chi connectivity index (χ3v) is 5.41. The number of nitro benzene ring substituents is 2. The van der Waals surface area contributed by atoms with Gasteiger partial charge in [0, 0.05) is 48.9 Å². The van der Waals surface area contributed by atoms with Crippen molar-refractivity contribution in [3.8, 4) is 11.4 Å². The smallest absolute Gasteiger partial charge is 0.277 e. The van der Waals surface area contributed by atoms with Crippen LogP contribution in [0.25, 0.3) is 11.4 Å². The number of nitrogens with zero attached hydrogens (tertiary/aromatic N) is 6. The van der Waals surface area contributed by atoms with Gasteiger partial charge in [-0.1, -0.05) is 16.8 Å². The van der Waals surface area contributed by atoms with Gasteiger partial charge in [0.1, 0.15) is 0 Å². The highest BCUT2D eigenvalue weighted by Crippen LogP contribution is 2.24. The van der Waals surface area contributed by atoms with Crippen molar-refractivity contribution in [2.24, 2.45) is 0 Å². The van der Waals surface area contributed by atoms with Crippen molar-refractivity contribution in [1.82, 2.24) is 19.9 Å². The van der Waals surface area contributed by atoms with E-state index in [1.54, 1.807) is 24.3 Å². The highest BCUT2D eigenvalue weighted by atomic mass is 35.5. The molecule has 2 heterocycles. The number of nitro groups is 2. The summed E-state index contributed by atoms with van der Waals surface area (Å²) in [5.41, 5.74) is -0.317. The molecule has 1 fully saturated rings.